The third-order valence-corrected chi connectivity index (χ3v) is 6.48. The fraction of sp³-hybridized carbons (Fsp3) is 0.375. The molecule has 2 aromatic rings. The van der Waals surface area contributed by atoms with E-state index in [1.807, 2.05) is 0 Å². The Bertz CT molecular complexity index is 1210. The zero-order valence-corrected chi connectivity index (χ0v) is 18.8. The number of pyridine rings is 1. The molecular formula is C24H26F2N4O4. The standard InChI is InChI=1S/C24H26F2N4O4/c1-3-5-13-6-9-18-21-20(22(32)27-4-2)15(12-31)19(11-29(18)23(13)33)30(21)24(34)28-17-10-14(25)7-8-16(17)26/h3,5-10,15,19-21,31H,4,11-12H2,1-2H3,(H,27,32)(H,28,34)/b5-3+/t15-,19-,20+,21+/m0/s1. The summed E-state index contributed by atoms with van der Waals surface area (Å²) in [7, 11) is 0. The van der Waals surface area contributed by atoms with Gasteiger partial charge >= 0.3 is 6.03 Å². The van der Waals surface area contributed by atoms with E-state index in [0.29, 0.717) is 17.8 Å². The van der Waals surface area contributed by atoms with Crippen LogP contribution in [0.25, 0.3) is 6.08 Å². The molecule has 1 aromatic heterocycles. The van der Waals surface area contributed by atoms with Gasteiger partial charge in [-0.3, -0.25) is 9.59 Å². The lowest BCUT2D eigenvalue weighted by molar-refractivity contribution is -0.127. The van der Waals surface area contributed by atoms with Gasteiger partial charge in [-0.1, -0.05) is 12.2 Å². The van der Waals surface area contributed by atoms with Gasteiger partial charge < -0.3 is 25.2 Å². The predicted molar refractivity (Wildman–Crippen MR) is 122 cm³/mol. The Labute approximate surface area is 194 Å². The number of urea groups is 1. The summed E-state index contributed by atoms with van der Waals surface area (Å²) < 4.78 is 29.4. The molecule has 1 aromatic carbocycles. The maximum atomic E-state index is 14.2. The fourth-order valence-corrected chi connectivity index (χ4v) is 5.07. The Hall–Kier alpha value is -3.53. The second-order valence-corrected chi connectivity index (χ2v) is 8.37. The first-order chi connectivity index (χ1) is 16.3. The van der Waals surface area contributed by atoms with Crippen LogP contribution in [-0.2, 0) is 11.3 Å². The first kappa shape index (κ1) is 23.6. The molecule has 2 aliphatic heterocycles. The molecule has 4 rings (SSSR count). The highest BCUT2D eigenvalue weighted by Crippen LogP contribution is 2.48. The molecule has 1 saturated heterocycles. The first-order valence-corrected chi connectivity index (χ1v) is 11.1. The van der Waals surface area contributed by atoms with Crippen LogP contribution in [0, 0.1) is 23.5 Å². The number of hydrogen-bond donors (Lipinski definition) is 3. The number of benzene rings is 1. The number of nitrogens with zero attached hydrogens (tertiary/aromatic N) is 2. The summed E-state index contributed by atoms with van der Waals surface area (Å²) >= 11 is 0. The van der Waals surface area contributed by atoms with Gasteiger partial charge in [-0.05, 0) is 38.1 Å². The molecule has 34 heavy (non-hydrogen) atoms. The number of carbonyl (C=O) groups is 2. The smallest absolute Gasteiger partial charge is 0.322 e. The van der Waals surface area contributed by atoms with Gasteiger partial charge in [-0.2, -0.15) is 0 Å². The van der Waals surface area contributed by atoms with Crippen LogP contribution in [0.1, 0.15) is 31.1 Å². The zero-order valence-electron chi connectivity index (χ0n) is 18.8. The maximum absolute atomic E-state index is 14.2. The Balaban J connectivity index is 1.82. The summed E-state index contributed by atoms with van der Waals surface area (Å²) in [6, 6.07) is 3.67. The molecule has 0 aliphatic carbocycles. The minimum Gasteiger partial charge on any atom is -0.396 e. The highest BCUT2D eigenvalue weighted by Gasteiger charge is 2.57. The van der Waals surface area contributed by atoms with Crippen molar-refractivity contribution in [2.75, 3.05) is 18.5 Å². The van der Waals surface area contributed by atoms with Crippen molar-refractivity contribution in [3.63, 3.8) is 0 Å². The van der Waals surface area contributed by atoms with Crippen LogP contribution in [0.5, 0.6) is 0 Å². The van der Waals surface area contributed by atoms with Crippen molar-refractivity contribution in [1.29, 1.82) is 0 Å². The molecule has 4 atom stereocenters. The van der Waals surface area contributed by atoms with E-state index in [0.717, 1.165) is 18.2 Å². The molecule has 3 amide bonds. The monoisotopic (exact) mass is 472 g/mol. The molecule has 3 N–H and O–H groups in total. The lowest BCUT2D eigenvalue weighted by Crippen LogP contribution is -2.50. The fourth-order valence-electron chi connectivity index (χ4n) is 5.07. The highest BCUT2D eigenvalue weighted by molar-refractivity contribution is 5.92. The third kappa shape index (κ3) is 3.87. The van der Waals surface area contributed by atoms with Crippen LogP contribution in [0.2, 0.25) is 0 Å². The third-order valence-electron chi connectivity index (χ3n) is 6.48. The summed E-state index contributed by atoms with van der Waals surface area (Å²) in [4.78, 5) is 40.9. The zero-order chi connectivity index (χ0) is 24.6. The van der Waals surface area contributed by atoms with E-state index in [-0.39, 0.29) is 23.7 Å². The van der Waals surface area contributed by atoms with Crippen molar-refractivity contribution < 1.29 is 23.5 Å². The average Bonchev–Trinajstić information content (AvgIpc) is 3.05. The van der Waals surface area contributed by atoms with Crippen molar-refractivity contribution in [2.45, 2.75) is 32.5 Å². The molecule has 0 spiro atoms. The van der Waals surface area contributed by atoms with Crippen molar-refractivity contribution in [1.82, 2.24) is 14.8 Å². The average molecular weight is 472 g/mol. The van der Waals surface area contributed by atoms with Crippen molar-refractivity contribution in [3.05, 3.63) is 69.7 Å². The SMILES string of the molecule is C/C=C/c1ccc2n(c1=O)C[C@H]1[C@H](CO)[C@@H](C(=O)NCC)[C@@H]2N1C(=O)Nc1cc(F)ccc1F. The molecule has 3 heterocycles. The van der Waals surface area contributed by atoms with Gasteiger partial charge in [0, 0.05) is 42.9 Å². The van der Waals surface area contributed by atoms with Gasteiger partial charge in [-0.25, -0.2) is 13.6 Å². The van der Waals surface area contributed by atoms with Gasteiger partial charge in [0.1, 0.15) is 11.6 Å². The molecule has 8 nitrogen and oxygen atoms in total. The molecule has 10 heteroatoms. The van der Waals surface area contributed by atoms with Gasteiger partial charge in [0.2, 0.25) is 5.91 Å². The number of aromatic nitrogens is 1. The Morgan fingerprint density at radius 3 is 2.68 bits per heavy atom. The molecule has 180 valence electrons. The summed E-state index contributed by atoms with van der Waals surface area (Å²) in [6.07, 6.45) is 3.41. The number of aliphatic hydroxyl groups is 1. The molecule has 1 fully saturated rings. The number of nitrogens with one attached hydrogen (secondary N) is 2. The van der Waals surface area contributed by atoms with E-state index in [1.165, 1.54) is 9.47 Å². The number of amides is 3. The maximum Gasteiger partial charge on any atom is 0.322 e. The number of aliphatic hydroxyl groups excluding tert-OH is 1. The summed E-state index contributed by atoms with van der Waals surface area (Å²) in [5.41, 5.74) is 0.290. The quantitative estimate of drug-likeness (QED) is 0.622. The van der Waals surface area contributed by atoms with Gasteiger partial charge in [-0.15, -0.1) is 0 Å². The molecule has 0 radical (unpaired) electrons. The molecule has 0 saturated carbocycles. The first-order valence-electron chi connectivity index (χ1n) is 11.1. The van der Waals surface area contributed by atoms with Gasteiger partial charge in [0.25, 0.3) is 5.56 Å². The van der Waals surface area contributed by atoms with E-state index < -0.39 is 48.2 Å². The van der Waals surface area contributed by atoms with Crippen LogP contribution in [0.4, 0.5) is 19.3 Å². The molecular weight excluding hydrogens is 446 g/mol. The topological polar surface area (TPSA) is 104 Å². The number of fused-ring (bicyclic) bond motifs is 4. The number of halogens is 2. The summed E-state index contributed by atoms with van der Waals surface area (Å²) in [5.74, 6) is -3.39. The molecule has 2 aliphatic rings. The van der Waals surface area contributed by atoms with E-state index in [9.17, 15) is 28.3 Å². The number of allylic oxidation sites excluding steroid dienone is 1. The van der Waals surface area contributed by atoms with E-state index in [4.69, 9.17) is 0 Å². The van der Waals surface area contributed by atoms with E-state index in [2.05, 4.69) is 10.6 Å². The number of carbonyl (C=O) groups excluding carboxylic acids is 2. The largest absolute Gasteiger partial charge is 0.396 e. The van der Waals surface area contributed by atoms with E-state index >= 15 is 0 Å². The molecule has 2 bridgehead atoms. The number of anilines is 1. The second-order valence-electron chi connectivity index (χ2n) is 8.37. The van der Waals surface area contributed by atoms with Gasteiger partial charge in [0.05, 0.1) is 23.7 Å². The van der Waals surface area contributed by atoms with Gasteiger partial charge in [0.15, 0.2) is 0 Å². The lowest BCUT2D eigenvalue weighted by atomic mass is 9.86. The second kappa shape index (κ2) is 9.38. The Morgan fingerprint density at radius 1 is 1.24 bits per heavy atom. The Morgan fingerprint density at radius 2 is 2.00 bits per heavy atom. The minimum atomic E-state index is -0.883. The van der Waals surface area contributed by atoms with Crippen molar-refractivity contribution in [3.8, 4) is 0 Å². The summed E-state index contributed by atoms with van der Waals surface area (Å²) in [6.45, 7) is 3.55. The van der Waals surface area contributed by atoms with Crippen LogP contribution >= 0.6 is 0 Å². The van der Waals surface area contributed by atoms with E-state index in [1.54, 1.807) is 38.1 Å². The normalized spacial score (nSPS) is 23.1. The predicted octanol–water partition coefficient (Wildman–Crippen LogP) is 2.49. The molecule has 0 unspecified atom stereocenters. The lowest BCUT2D eigenvalue weighted by Gasteiger charge is -2.38. The van der Waals surface area contributed by atoms with Crippen molar-refractivity contribution in [2.24, 2.45) is 11.8 Å². The highest BCUT2D eigenvalue weighted by atomic mass is 19.1. The van der Waals surface area contributed by atoms with Crippen LogP contribution < -0.4 is 16.2 Å². The minimum absolute atomic E-state index is 0.0518. The van der Waals surface area contributed by atoms with Crippen LogP contribution in [-0.4, -0.2) is 45.7 Å². The van der Waals surface area contributed by atoms with Crippen molar-refractivity contribution >= 4 is 23.7 Å². The number of hydrogen-bond acceptors (Lipinski definition) is 4. The summed E-state index contributed by atoms with van der Waals surface area (Å²) in [5, 5.41) is 15.4. The van der Waals surface area contributed by atoms with Crippen LogP contribution in [0.3, 0.4) is 0 Å². The number of rotatable bonds is 5. The van der Waals surface area contributed by atoms with Crippen LogP contribution in [0.15, 0.2) is 41.2 Å². The Kier molecular flexibility index (Phi) is 6.52.